The number of rotatable bonds is 6. The minimum absolute atomic E-state index is 0.0542. The largest absolute Gasteiger partial charge is 0.309 e. The van der Waals surface area contributed by atoms with Gasteiger partial charge < -0.3 is 9.13 Å². The smallest absolute Gasteiger partial charge is 0.270 e. The van der Waals surface area contributed by atoms with Gasteiger partial charge in [0.2, 0.25) is 0 Å². The van der Waals surface area contributed by atoms with Crippen LogP contribution in [0.3, 0.4) is 0 Å². The van der Waals surface area contributed by atoms with Gasteiger partial charge in [0.25, 0.3) is 5.69 Å². The molecule has 5 nitrogen and oxygen atoms in total. The van der Waals surface area contributed by atoms with Gasteiger partial charge in [-0.15, -0.1) is 0 Å². The number of para-hydroxylation sites is 3. The number of non-ortho nitro benzene ring substituents is 1. The summed E-state index contributed by atoms with van der Waals surface area (Å²) in [4.78, 5) is 12.1. The third-order valence-corrected chi connectivity index (χ3v) is 10.4. The molecule has 5 heteroatoms. The average molecular weight is 682 g/mol. The SMILES string of the molecule is O=[N+]([O-])c1cc(-c2ccccc2)c(-n2c3ccccc3c3cc(-c4ccc5c(c4)c4ccccc4n5-c4ccccc4)ccc32)c(-c2ccccc2)c1. The minimum atomic E-state index is -0.297. The molecule has 53 heavy (non-hydrogen) atoms. The van der Waals surface area contributed by atoms with E-state index in [-0.39, 0.29) is 10.6 Å². The van der Waals surface area contributed by atoms with Crippen molar-refractivity contribution >= 4 is 49.3 Å². The van der Waals surface area contributed by atoms with E-state index in [0.29, 0.717) is 0 Å². The van der Waals surface area contributed by atoms with Crippen molar-refractivity contribution in [2.24, 2.45) is 0 Å². The summed E-state index contributed by atoms with van der Waals surface area (Å²) in [5, 5.41) is 17.0. The van der Waals surface area contributed by atoms with Crippen LogP contribution in [0, 0.1) is 10.1 Å². The van der Waals surface area contributed by atoms with Gasteiger partial charge in [-0.2, -0.15) is 0 Å². The zero-order valence-electron chi connectivity index (χ0n) is 28.6. The Labute approximate surface area is 305 Å². The Hall–Kier alpha value is -7.24. The van der Waals surface area contributed by atoms with Gasteiger partial charge in [0.1, 0.15) is 0 Å². The zero-order chi connectivity index (χ0) is 35.5. The molecule has 2 heterocycles. The van der Waals surface area contributed by atoms with Gasteiger partial charge >= 0.3 is 0 Å². The normalized spacial score (nSPS) is 11.5. The molecule has 0 spiro atoms. The van der Waals surface area contributed by atoms with Crippen molar-refractivity contribution in [2.75, 3.05) is 0 Å². The Morgan fingerprint density at radius 3 is 1.30 bits per heavy atom. The lowest BCUT2D eigenvalue weighted by atomic mass is 9.94. The van der Waals surface area contributed by atoms with Crippen LogP contribution in [-0.4, -0.2) is 14.1 Å². The molecule has 0 saturated carbocycles. The fourth-order valence-corrected chi connectivity index (χ4v) is 8.04. The molecule has 0 aliphatic rings. The predicted molar refractivity (Wildman–Crippen MR) is 218 cm³/mol. The van der Waals surface area contributed by atoms with E-state index in [1.165, 1.54) is 21.8 Å². The monoisotopic (exact) mass is 681 g/mol. The standard InChI is InChI=1S/C48H31N3O2/c52-51(53)37-30-40(32-14-4-1-5-15-32)48(41(31-37)33-16-6-2-7-17-33)50-45-23-13-11-21-39(45)43-29-35(25-27-47(43)50)34-24-26-46-42(28-34)38-20-10-12-22-44(38)49(46)36-18-8-3-9-19-36/h1-31H. The lowest BCUT2D eigenvalue weighted by Gasteiger charge is -2.19. The first-order chi connectivity index (χ1) is 26.1. The highest BCUT2D eigenvalue weighted by atomic mass is 16.6. The van der Waals surface area contributed by atoms with Crippen molar-refractivity contribution in [1.82, 2.24) is 9.13 Å². The number of hydrogen-bond donors (Lipinski definition) is 0. The van der Waals surface area contributed by atoms with Crippen LogP contribution in [0.2, 0.25) is 0 Å². The Balaban J connectivity index is 1.23. The van der Waals surface area contributed by atoms with Crippen LogP contribution in [0.1, 0.15) is 0 Å². The summed E-state index contributed by atoms with van der Waals surface area (Å²) in [6, 6.07) is 64.4. The van der Waals surface area contributed by atoms with E-state index < -0.39 is 0 Å². The third kappa shape index (κ3) is 4.94. The van der Waals surface area contributed by atoms with Crippen molar-refractivity contribution in [1.29, 1.82) is 0 Å². The fourth-order valence-electron chi connectivity index (χ4n) is 8.04. The van der Waals surface area contributed by atoms with E-state index in [2.05, 4.69) is 124 Å². The molecule has 0 unspecified atom stereocenters. The summed E-state index contributed by atoms with van der Waals surface area (Å²) in [6.45, 7) is 0. The number of hydrogen-bond acceptors (Lipinski definition) is 2. The number of nitrogens with zero attached hydrogens (tertiary/aromatic N) is 3. The topological polar surface area (TPSA) is 53.0 Å². The maximum atomic E-state index is 12.4. The first-order valence-electron chi connectivity index (χ1n) is 17.7. The predicted octanol–water partition coefficient (Wildman–Crippen LogP) is 12.8. The highest BCUT2D eigenvalue weighted by molar-refractivity contribution is 6.13. The van der Waals surface area contributed by atoms with Crippen molar-refractivity contribution < 1.29 is 4.92 Å². The Bertz CT molecular complexity index is 2960. The van der Waals surface area contributed by atoms with Crippen molar-refractivity contribution in [3.63, 3.8) is 0 Å². The number of fused-ring (bicyclic) bond motifs is 6. The van der Waals surface area contributed by atoms with Gasteiger partial charge in [0.05, 0.1) is 32.7 Å². The fraction of sp³-hybridized carbons (Fsp3) is 0. The molecule has 0 radical (unpaired) electrons. The van der Waals surface area contributed by atoms with E-state index in [1.807, 2.05) is 60.7 Å². The quantitative estimate of drug-likeness (QED) is 0.130. The summed E-state index contributed by atoms with van der Waals surface area (Å²) in [6.07, 6.45) is 0. The molecular formula is C48H31N3O2. The van der Waals surface area contributed by atoms with E-state index in [4.69, 9.17) is 0 Å². The van der Waals surface area contributed by atoms with Crippen LogP contribution in [0.15, 0.2) is 188 Å². The van der Waals surface area contributed by atoms with E-state index in [1.54, 1.807) is 12.1 Å². The van der Waals surface area contributed by atoms with Gasteiger partial charge in [-0.25, -0.2) is 0 Å². The van der Waals surface area contributed by atoms with Gasteiger partial charge in [0, 0.05) is 50.5 Å². The summed E-state index contributed by atoms with van der Waals surface area (Å²) >= 11 is 0. The second-order valence-electron chi connectivity index (χ2n) is 13.4. The van der Waals surface area contributed by atoms with Crippen LogP contribution in [0.25, 0.3) is 88.4 Å². The maximum Gasteiger partial charge on any atom is 0.270 e. The molecular weight excluding hydrogens is 651 g/mol. The highest BCUT2D eigenvalue weighted by Gasteiger charge is 2.24. The summed E-state index contributed by atoms with van der Waals surface area (Å²) < 4.78 is 4.63. The molecule has 0 atom stereocenters. The summed E-state index contributed by atoms with van der Waals surface area (Å²) in [5.74, 6) is 0. The van der Waals surface area contributed by atoms with Crippen molar-refractivity contribution in [3.05, 3.63) is 198 Å². The number of nitro benzene ring substituents is 1. The van der Waals surface area contributed by atoms with E-state index in [9.17, 15) is 10.1 Å². The van der Waals surface area contributed by atoms with Crippen LogP contribution in [0.4, 0.5) is 5.69 Å². The first kappa shape index (κ1) is 30.6. The second kappa shape index (κ2) is 12.2. The molecule has 0 aliphatic carbocycles. The number of benzene rings is 8. The maximum absolute atomic E-state index is 12.4. The van der Waals surface area contributed by atoms with Gasteiger partial charge in [-0.3, -0.25) is 10.1 Å². The third-order valence-electron chi connectivity index (χ3n) is 10.4. The molecule has 2 aromatic heterocycles. The van der Waals surface area contributed by atoms with Crippen LogP contribution >= 0.6 is 0 Å². The molecule has 0 bridgehead atoms. The van der Waals surface area contributed by atoms with E-state index >= 15 is 0 Å². The lowest BCUT2D eigenvalue weighted by Crippen LogP contribution is -2.02. The van der Waals surface area contributed by atoms with Gasteiger partial charge in [-0.1, -0.05) is 127 Å². The molecule has 0 fully saturated rings. The van der Waals surface area contributed by atoms with Crippen molar-refractivity contribution in [3.8, 4) is 44.8 Å². The molecule has 0 saturated heterocycles. The number of nitro groups is 1. The second-order valence-corrected chi connectivity index (χ2v) is 13.4. The van der Waals surface area contributed by atoms with Crippen molar-refractivity contribution in [2.45, 2.75) is 0 Å². The summed E-state index contributed by atoms with van der Waals surface area (Å²) in [7, 11) is 0. The first-order valence-corrected chi connectivity index (χ1v) is 17.7. The molecule has 0 amide bonds. The molecule has 250 valence electrons. The Morgan fingerprint density at radius 1 is 0.377 bits per heavy atom. The zero-order valence-corrected chi connectivity index (χ0v) is 28.6. The molecule has 0 N–H and O–H groups in total. The average Bonchev–Trinajstić information content (AvgIpc) is 3.73. The summed E-state index contributed by atoms with van der Waals surface area (Å²) in [5.41, 5.74) is 12.2. The van der Waals surface area contributed by atoms with Gasteiger partial charge in [0.15, 0.2) is 0 Å². The Kier molecular flexibility index (Phi) is 7.05. The van der Waals surface area contributed by atoms with Crippen LogP contribution in [0.5, 0.6) is 0 Å². The van der Waals surface area contributed by atoms with Gasteiger partial charge in [-0.05, 0) is 70.8 Å². The minimum Gasteiger partial charge on any atom is -0.309 e. The Morgan fingerprint density at radius 2 is 0.792 bits per heavy atom. The lowest BCUT2D eigenvalue weighted by molar-refractivity contribution is -0.384. The van der Waals surface area contributed by atoms with Crippen LogP contribution in [-0.2, 0) is 0 Å². The van der Waals surface area contributed by atoms with E-state index in [0.717, 1.165) is 66.6 Å². The molecule has 8 aromatic carbocycles. The molecule has 10 rings (SSSR count). The number of aromatic nitrogens is 2. The highest BCUT2D eigenvalue weighted by Crippen LogP contribution is 2.44. The molecule has 10 aromatic rings. The molecule has 0 aliphatic heterocycles. The van der Waals surface area contributed by atoms with Crippen LogP contribution < -0.4 is 0 Å².